The third kappa shape index (κ3) is 17.9. The lowest BCUT2D eigenvalue weighted by Gasteiger charge is -2.40. The van der Waals surface area contributed by atoms with Crippen LogP contribution >= 0.6 is 0 Å². The van der Waals surface area contributed by atoms with Crippen molar-refractivity contribution in [3.8, 4) is 23.3 Å². The number of hydrogen-bond acceptors (Lipinski definition) is 12. The average molecular weight is 881 g/mol. The van der Waals surface area contributed by atoms with E-state index >= 15 is 0 Å². The number of benzene rings is 2. The lowest BCUT2D eigenvalue weighted by Crippen LogP contribution is -2.55. The van der Waals surface area contributed by atoms with Gasteiger partial charge in [-0.3, -0.25) is 14.8 Å². The molecule has 14 nitrogen and oxygen atoms in total. The molecule has 64 heavy (non-hydrogen) atoms. The Morgan fingerprint density at radius 1 is 0.656 bits per heavy atom. The molecule has 2 aliphatic rings. The summed E-state index contributed by atoms with van der Waals surface area (Å²) < 4.78 is 27.0. The van der Waals surface area contributed by atoms with E-state index in [0.717, 1.165) is 53.5 Å². The van der Waals surface area contributed by atoms with E-state index in [2.05, 4.69) is 32.6 Å². The summed E-state index contributed by atoms with van der Waals surface area (Å²) in [6.45, 7) is 17.1. The Labute approximate surface area is 377 Å². The molecule has 0 unspecified atom stereocenters. The second-order valence-corrected chi connectivity index (χ2v) is 17.3. The number of pyridine rings is 2. The van der Waals surface area contributed by atoms with Crippen LogP contribution in [-0.4, -0.2) is 104 Å². The number of likely N-dealkylation sites (tertiary alicyclic amines) is 2. The van der Waals surface area contributed by atoms with Crippen LogP contribution in [0.3, 0.4) is 0 Å². The molecule has 0 bridgehead atoms. The zero-order chi connectivity index (χ0) is 46.7. The quantitative estimate of drug-likeness (QED) is 0.0810. The predicted molar refractivity (Wildman–Crippen MR) is 243 cm³/mol. The average Bonchev–Trinajstić information content (AvgIpc) is 3.21. The van der Waals surface area contributed by atoms with Crippen LogP contribution in [0.5, 0.6) is 11.5 Å². The SMILES string of the molecule is CC(C)(C)OC(=O)N1CC[C@H]1COc1cncc(C#Cc2cccc(CO)c2)c1.CC(C)(C)OC(=O)N1CC[C@H]1COc1cncc(CCc2cccc(CO)c2)c1.CCOC(C)=O. The summed E-state index contributed by atoms with van der Waals surface area (Å²) in [5.74, 6) is 7.24. The summed E-state index contributed by atoms with van der Waals surface area (Å²) in [4.78, 5) is 46.1. The van der Waals surface area contributed by atoms with Crippen molar-refractivity contribution in [3.63, 3.8) is 0 Å². The minimum absolute atomic E-state index is 0.000752. The minimum atomic E-state index is -0.508. The van der Waals surface area contributed by atoms with Gasteiger partial charge in [0.15, 0.2) is 0 Å². The topological polar surface area (TPSA) is 170 Å². The van der Waals surface area contributed by atoms with Gasteiger partial charge < -0.3 is 43.7 Å². The Bertz CT molecular complexity index is 2190. The molecule has 14 heteroatoms. The molecular weight excluding hydrogens is 817 g/mol. The number of carbonyl (C=O) groups is 3. The molecule has 4 aromatic rings. The van der Waals surface area contributed by atoms with Crippen LogP contribution in [-0.2, 0) is 45.1 Å². The smallest absolute Gasteiger partial charge is 0.410 e. The van der Waals surface area contributed by atoms with Crippen molar-refractivity contribution in [2.24, 2.45) is 0 Å². The Balaban J connectivity index is 0.000000249. The molecule has 2 atom stereocenters. The third-order valence-corrected chi connectivity index (χ3v) is 9.60. The molecule has 344 valence electrons. The van der Waals surface area contributed by atoms with Gasteiger partial charge in [-0.25, -0.2) is 9.59 Å². The van der Waals surface area contributed by atoms with Gasteiger partial charge in [0.05, 0.1) is 44.3 Å². The van der Waals surface area contributed by atoms with Gasteiger partial charge in [-0.1, -0.05) is 48.2 Å². The normalized spacial score (nSPS) is 15.2. The van der Waals surface area contributed by atoms with Gasteiger partial charge in [-0.2, -0.15) is 0 Å². The highest BCUT2D eigenvalue weighted by molar-refractivity contribution is 5.70. The number of hydrogen-bond donors (Lipinski definition) is 2. The van der Waals surface area contributed by atoms with Crippen molar-refractivity contribution in [1.29, 1.82) is 0 Å². The van der Waals surface area contributed by atoms with Crippen molar-refractivity contribution in [2.45, 2.75) is 118 Å². The summed E-state index contributed by atoms with van der Waals surface area (Å²) in [6.07, 6.45) is 9.77. The number of ether oxygens (including phenoxy) is 5. The Kier molecular flexibility index (Phi) is 19.4. The maximum atomic E-state index is 12.2. The number of aliphatic hydroxyl groups excluding tert-OH is 2. The summed E-state index contributed by atoms with van der Waals surface area (Å²) in [6, 6.07) is 19.3. The molecule has 2 amide bonds. The van der Waals surface area contributed by atoms with Gasteiger partial charge in [0.25, 0.3) is 0 Å². The van der Waals surface area contributed by atoms with Crippen LogP contribution < -0.4 is 9.47 Å². The third-order valence-electron chi connectivity index (χ3n) is 9.60. The summed E-state index contributed by atoms with van der Waals surface area (Å²) >= 11 is 0. The molecule has 2 aliphatic heterocycles. The molecule has 0 aliphatic carbocycles. The zero-order valence-electron chi connectivity index (χ0n) is 38.5. The van der Waals surface area contributed by atoms with Crippen LogP contribution in [0.15, 0.2) is 85.5 Å². The minimum Gasteiger partial charge on any atom is -0.490 e. The van der Waals surface area contributed by atoms with Crippen LogP contribution in [0.2, 0.25) is 0 Å². The number of aliphatic hydroxyl groups is 2. The van der Waals surface area contributed by atoms with Crippen molar-refractivity contribution in [2.75, 3.05) is 32.9 Å². The van der Waals surface area contributed by atoms with Gasteiger partial charge in [0.1, 0.15) is 35.9 Å². The first-order valence-electron chi connectivity index (χ1n) is 21.6. The van der Waals surface area contributed by atoms with Gasteiger partial charge in [0.2, 0.25) is 0 Å². The van der Waals surface area contributed by atoms with Crippen molar-refractivity contribution in [3.05, 3.63) is 119 Å². The number of carbonyl (C=O) groups excluding carboxylic acids is 3. The summed E-state index contributed by atoms with van der Waals surface area (Å²) in [5.41, 5.74) is 4.58. The van der Waals surface area contributed by atoms with Crippen LogP contribution in [0.25, 0.3) is 0 Å². The number of esters is 1. The number of aromatic nitrogens is 2. The molecule has 2 fully saturated rings. The van der Waals surface area contributed by atoms with Gasteiger partial charge >= 0.3 is 18.2 Å². The predicted octanol–water partition coefficient (Wildman–Crippen LogP) is 7.68. The lowest BCUT2D eigenvalue weighted by molar-refractivity contribution is -0.140. The first-order valence-corrected chi connectivity index (χ1v) is 21.6. The number of nitrogens with zero attached hydrogens (tertiary/aromatic N) is 4. The highest BCUT2D eigenvalue weighted by Gasteiger charge is 2.36. The fourth-order valence-electron chi connectivity index (χ4n) is 6.25. The summed E-state index contributed by atoms with van der Waals surface area (Å²) in [7, 11) is 0. The molecule has 4 heterocycles. The Morgan fingerprint density at radius 3 is 1.66 bits per heavy atom. The van der Waals surface area contributed by atoms with Gasteiger partial charge in [-0.15, -0.1) is 0 Å². The standard InChI is InChI=1S/C23H30N2O4.C23H26N2O4.C4H8O2/c2*1-23(2,3)29-22(27)25-10-9-20(25)16-28-21-12-18(13-24-14-21)8-7-17-5-4-6-19(11-17)15-26;1-3-6-4(2)5/h4-6,11-14,20,26H,7-10,15-16H2,1-3H3;4-6,11-14,20,26H,9-10,15-16H2,1-3H3;3H2,1-2H3/t2*20-;/m00./s1. The fraction of sp³-hybridized carbons (Fsp3) is 0.460. The molecule has 2 aromatic carbocycles. The van der Waals surface area contributed by atoms with E-state index in [0.29, 0.717) is 44.4 Å². The molecule has 2 saturated heterocycles. The monoisotopic (exact) mass is 880 g/mol. The van der Waals surface area contributed by atoms with Crippen LogP contribution in [0.4, 0.5) is 9.59 Å². The highest BCUT2D eigenvalue weighted by atomic mass is 16.6. The number of amides is 2. The molecule has 0 radical (unpaired) electrons. The second kappa shape index (κ2) is 24.6. The number of aryl methyl sites for hydroxylation is 2. The lowest BCUT2D eigenvalue weighted by atomic mass is 10.0. The van der Waals surface area contributed by atoms with E-state index in [9.17, 15) is 24.6 Å². The molecule has 0 saturated carbocycles. The molecule has 2 N–H and O–H groups in total. The van der Waals surface area contributed by atoms with Crippen LogP contribution in [0, 0.1) is 11.8 Å². The van der Waals surface area contributed by atoms with E-state index in [1.54, 1.807) is 35.3 Å². The van der Waals surface area contributed by atoms with Crippen LogP contribution in [0.1, 0.15) is 102 Å². The van der Waals surface area contributed by atoms with Crippen molar-refractivity contribution < 1.29 is 48.3 Å². The van der Waals surface area contributed by atoms with Gasteiger partial charge in [-0.05, 0) is 121 Å². The van der Waals surface area contributed by atoms with E-state index in [1.807, 2.05) is 102 Å². The molecule has 0 spiro atoms. The van der Waals surface area contributed by atoms with Gasteiger partial charge in [0, 0.05) is 43.5 Å². The fourth-order valence-corrected chi connectivity index (χ4v) is 6.25. The van der Waals surface area contributed by atoms with E-state index in [1.165, 1.54) is 12.5 Å². The van der Waals surface area contributed by atoms with Crippen molar-refractivity contribution >= 4 is 18.2 Å². The number of rotatable bonds is 12. The maximum absolute atomic E-state index is 12.2. The Morgan fingerprint density at radius 2 is 1.16 bits per heavy atom. The first-order chi connectivity index (χ1) is 30.4. The molecule has 2 aromatic heterocycles. The largest absolute Gasteiger partial charge is 0.490 e. The zero-order valence-corrected chi connectivity index (χ0v) is 38.5. The summed E-state index contributed by atoms with van der Waals surface area (Å²) in [5, 5.41) is 18.5. The first kappa shape index (κ1) is 50.5. The molecule has 6 rings (SSSR count). The molecular formula is C50H64N4O10. The van der Waals surface area contributed by atoms with E-state index < -0.39 is 11.2 Å². The van der Waals surface area contributed by atoms with E-state index in [-0.39, 0.29) is 43.5 Å². The Hall–Kier alpha value is -6.17. The van der Waals surface area contributed by atoms with E-state index in [4.69, 9.17) is 18.9 Å². The highest BCUT2D eigenvalue weighted by Crippen LogP contribution is 2.24. The second-order valence-electron chi connectivity index (χ2n) is 17.3. The van der Waals surface area contributed by atoms with Crippen molar-refractivity contribution in [1.82, 2.24) is 19.8 Å². The maximum Gasteiger partial charge on any atom is 0.410 e.